The smallest absolute Gasteiger partial charge is 0.237 e. The van der Waals surface area contributed by atoms with Gasteiger partial charge in [0.1, 0.15) is 0 Å². The molecule has 0 bridgehead atoms. The van der Waals surface area contributed by atoms with Crippen LogP contribution < -0.4 is 5.32 Å². The summed E-state index contributed by atoms with van der Waals surface area (Å²) >= 11 is 0. The molecule has 2 saturated heterocycles. The second-order valence-electron chi connectivity index (χ2n) is 10.5. The van der Waals surface area contributed by atoms with E-state index in [2.05, 4.69) is 58.1 Å². The first-order valence-corrected chi connectivity index (χ1v) is 13.0. The quantitative estimate of drug-likeness (QED) is 0.666. The molecule has 2 aliphatic heterocycles. The number of carbonyl (C=O) groups is 2. The van der Waals surface area contributed by atoms with Crippen molar-refractivity contribution in [2.75, 3.05) is 45.8 Å². The number of nitrogens with one attached hydrogen (secondary N) is 1. The van der Waals surface area contributed by atoms with Crippen molar-refractivity contribution >= 4 is 11.8 Å². The Morgan fingerprint density at radius 2 is 1.37 bits per heavy atom. The van der Waals surface area contributed by atoms with E-state index in [1.54, 1.807) is 0 Å². The standard InChI is InChI=1S/C29H40N4O2/c1-22-18-23(2)20-33(19-22)27(34)21-31-14-16-32(17-15-31)24(3)29(35)30-28(25-10-6-4-7-11-25)26-12-8-5-9-13-26/h4-13,22-24,28H,14-21H2,1-3H3,(H,30,35)/t22-,23+,24-/m0/s1. The van der Waals surface area contributed by atoms with Crippen LogP contribution in [0.1, 0.15) is 44.4 Å². The van der Waals surface area contributed by atoms with Crippen LogP contribution in [0.15, 0.2) is 60.7 Å². The van der Waals surface area contributed by atoms with E-state index in [1.165, 1.54) is 6.42 Å². The SMILES string of the molecule is C[C@@H]1C[C@H](C)CN(C(=O)CN2CCN([C@@H](C)C(=O)NC(c3ccccc3)c3ccccc3)CC2)C1. The Hall–Kier alpha value is -2.70. The van der Waals surface area contributed by atoms with Gasteiger partial charge in [-0.2, -0.15) is 0 Å². The number of amides is 2. The van der Waals surface area contributed by atoms with Crippen LogP contribution in [0, 0.1) is 11.8 Å². The van der Waals surface area contributed by atoms with Gasteiger partial charge in [-0.05, 0) is 36.3 Å². The van der Waals surface area contributed by atoms with Gasteiger partial charge in [0, 0.05) is 39.3 Å². The van der Waals surface area contributed by atoms with E-state index < -0.39 is 0 Å². The number of carbonyl (C=O) groups excluding carboxylic acids is 2. The Balaban J connectivity index is 1.31. The van der Waals surface area contributed by atoms with E-state index in [1.807, 2.05) is 43.3 Å². The number of hydrogen-bond acceptors (Lipinski definition) is 4. The second kappa shape index (κ2) is 11.8. The molecule has 1 N–H and O–H groups in total. The number of nitrogens with zero attached hydrogens (tertiary/aromatic N) is 3. The largest absolute Gasteiger partial charge is 0.344 e. The van der Waals surface area contributed by atoms with Gasteiger partial charge in [0.25, 0.3) is 0 Å². The molecular formula is C29H40N4O2. The summed E-state index contributed by atoms with van der Waals surface area (Å²) in [5.41, 5.74) is 2.15. The maximum absolute atomic E-state index is 13.3. The number of rotatable bonds is 7. The first-order chi connectivity index (χ1) is 16.9. The van der Waals surface area contributed by atoms with Crippen molar-refractivity contribution in [1.29, 1.82) is 0 Å². The maximum atomic E-state index is 13.3. The normalized spacial score (nSPS) is 22.7. The lowest BCUT2D eigenvalue weighted by atomic mass is 9.92. The van der Waals surface area contributed by atoms with Gasteiger partial charge in [-0.1, -0.05) is 74.5 Å². The summed E-state index contributed by atoms with van der Waals surface area (Å²) in [7, 11) is 0. The minimum Gasteiger partial charge on any atom is -0.344 e. The fraction of sp³-hybridized carbons (Fsp3) is 0.517. The van der Waals surface area contributed by atoms with Gasteiger partial charge in [0.05, 0.1) is 18.6 Å². The molecule has 4 rings (SSSR count). The van der Waals surface area contributed by atoms with Gasteiger partial charge >= 0.3 is 0 Å². The van der Waals surface area contributed by atoms with E-state index in [0.717, 1.165) is 50.4 Å². The number of benzene rings is 2. The van der Waals surface area contributed by atoms with E-state index >= 15 is 0 Å². The van der Waals surface area contributed by atoms with E-state index in [9.17, 15) is 9.59 Å². The molecule has 2 heterocycles. The van der Waals surface area contributed by atoms with E-state index in [0.29, 0.717) is 18.4 Å². The Morgan fingerprint density at radius 3 is 1.89 bits per heavy atom. The predicted molar refractivity (Wildman–Crippen MR) is 140 cm³/mol. The molecule has 2 fully saturated rings. The van der Waals surface area contributed by atoms with Crippen molar-refractivity contribution < 1.29 is 9.59 Å². The molecule has 35 heavy (non-hydrogen) atoms. The zero-order valence-corrected chi connectivity index (χ0v) is 21.4. The third-order valence-electron chi connectivity index (χ3n) is 7.47. The van der Waals surface area contributed by atoms with Crippen LogP contribution in [0.25, 0.3) is 0 Å². The van der Waals surface area contributed by atoms with Crippen molar-refractivity contribution in [2.45, 2.75) is 39.3 Å². The molecule has 6 nitrogen and oxygen atoms in total. The average Bonchev–Trinajstić information content (AvgIpc) is 2.87. The van der Waals surface area contributed by atoms with E-state index in [4.69, 9.17) is 0 Å². The third-order valence-corrected chi connectivity index (χ3v) is 7.47. The minimum atomic E-state index is -0.230. The highest BCUT2D eigenvalue weighted by Gasteiger charge is 2.30. The molecule has 0 radical (unpaired) electrons. The molecule has 3 atom stereocenters. The van der Waals surface area contributed by atoms with Gasteiger partial charge in [0.2, 0.25) is 11.8 Å². The maximum Gasteiger partial charge on any atom is 0.237 e. The first kappa shape index (κ1) is 25.4. The summed E-state index contributed by atoms with van der Waals surface area (Å²) in [6.07, 6.45) is 1.21. The number of piperazine rings is 1. The van der Waals surface area contributed by atoms with Crippen molar-refractivity contribution in [3.8, 4) is 0 Å². The molecule has 6 heteroatoms. The third kappa shape index (κ3) is 6.71. The fourth-order valence-electron chi connectivity index (χ4n) is 5.55. The summed E-state index contributed by atoms with van der Waals surface area (Å²) < 4.78 is 0. The molecule has 0 aromatic heterocycles. The van der Waals surface area contributed by atoms with Crippen molar-refractivity contribution in [1.82, 2.24) is 20.0 Å². The van der Waals surface area contributed by atoms with Crippen LogP contribution >= 0.6 is 0 Å². The molecular weight excluding hydrogens is 436 g/mol. The van der Waals surface area contributed by atoms with Gasteiger partial charge in [-0.25, -0.2) is 0 Å². The van der Waals surface area contributed by atoms with Crippen molar-refractivity contribution in [2.24, 2.45) is 11.8 Å². The Labute approximate surface area is 210 Å². The molecule has 2 aromatic carbocycles. The molecule has 2 aliphatic rings. The van der Waals surface area contributed by atoms with Crippen LogP contribution in [0.4, 0.5) is 0 Å². The Bertz CT molecular complexity index is 910. The first-order valence-electron chi connectivity index (χ1n) is 13.0. The van der Waals surface area contributed by atoms with Gasteiger partial charge in [-0.3, -0.25) is 19.4 Å². The highest BCUT2D eigenvalue weighted by atomic mass is 16.2. The molecule has 0 aliphatic carbocycles. The molecule has 0 unspecified atom stereocenters. The highest BCUT2D eigenvalue weighted by molar-refractivity contribution is 5.82. The molecule has 188 valence electrons. The molecule has 0 spiro atoms. The molecule has 2 aromatic rings. The number of likely N-dealkylation sites (tertiary alicyclic amines) is 1. The Morgan fingerprint density at radius 1 is 0.857 bits per heavy atom. The highest BCUT2D eigenvalue weighted by Crippen LogP contribution is 2.23. The predicted octanol–water partition coefficient (Wildman–Crippen LogP) is 3.40. The zero-order chi connectivity index (χ0) is 24.8. The van der Waals surface area contributed by atoms with Crippen LogP contribution in [0.2, 0.25) is 0 Å². The van der Waals surface area contributed by atoms with Crippen LogP contribution in [0.5, 0.6) is 0 Å². The number of hydrogen-bond donors (Lipinski definition) is 1. The molecule has 2 amide bonds. The average molecular weight is 477 g/mol. The monoisotopic (exact) mass is 476 g/mol. The van der Waals surface area contributed by atoms with Crippen LogP contribution in [0.3, 0.4) is 0 Å². The van der Waals surface area contributed by atoms with Gasteiger partial charge in [0.15, 0.2) is 0 Å². The summed E-state index contributed by atoms with van der Waals surface area (Å²) in [6, 6.07) is 19.8. The zero-order valence-electron chi connectivity index (χ0n) is 21.4. The lowest BCUT2D eigenvalue weighted by Crippen LogP contribution is -2.56. The number of piperidine rings is 1. The van der Waals surface area contributed by atoms with Crippen LogP contribution in [-0.2, 0) is 9.59 Å². The van der Waals surface area contributed by atoms with Crippen molar-refractivity contribution in [3.05, 3.63) is 71.8 Å². The van der Waals surface area contributed by atoms with Gasteiger partial charge in [-0.15, -0.1) is 0 Å². The topological polar surface area (TPSA) is 55.9 Å². The second-order valence-corrected chi connectivity index (χ2v) is 10.5. The van der Waals surface area contributed by atoms with Crippen molar-refractivity contribution in [3.63, 3.8) is 0 Å². The summed E-state index contributed by atoms with van der Waals surface area (Å²) in [4.78, 5) is 32.7. The summed E-state index contributed by atoms with van der Waals surface area (Å²) in [6.45, 7) is 11.9. The van der Waals surface area contributed by atoms with Crippen LogP contribution in [-0.4, -0.2) is 78.4 Å². The minimum absolute atomic E-state index is 0.0310. The summed E-state index contributed by atoms with van der Waals surface area (Å²) in [5.74, 6) is 1.43. The fourth-order valence-corrected chi connectivity index (χ4v) is 5.55. The lowest BCUT2D eigenvalue weighted by Gasteiger charge is -2.39. The molecule has 0 saturated carbocycles. The Kier molecular flexibility index (Phi) is 8.58. The van der Waals surface area contributed by atoms with Gasteiger partial charge < -0.3 is 10.2 Å². The lowest BCUT2D eigenvalue weighted by molar-refractivity contribution is -0.136. The summed E-state index contributed by atoms with van der Waals surface area (Å²) in [5, 5.41) is 3.29. The van der Waals surface area contributed by atoms with E-state index in [-0.39, 0.29) is 23.9 Å².